The van der Waals surface area contributed by atoms with Crippen molar-refractivity contribution >= 4 is 6.21 Å². The fourth-order valence-corrected chi connectivity index (χ4v) is 4.44. The molecule has 1 N–H and O–H groups in total. The zero-order valence-electron chi connectivity index (χ0n) is 16.3. The van der Waals surface area contributed by atoms with Crippen LogP contribution in [0, 0.1) is 0 Å². The first-order valence-corrected chi connectivity index (χ1v) is 9.60. The molecule has 2 aliphatic rings. The fourth-order valence-electron chi connectivity index (χ4n) is 4.44. The van der Waals surface area contributed by atoms with Gasteiger partial charge in [-0.2, -0.15) is 0 Å². The topological polar surface area (TPSA) is 85.9 Å². The van der Waals surface area contributed by atoms with E-state index in [2.05, 4.69) is 4.98 Å². The van der Waals surface area contributed by atoms with Gasteiger partial charge in [-0.25, -0.2) is 9.78 Å². The predicted octanol–water partition coefficient (Wildman–Crippen LogP) is 2.01. The Labute approximate surface area is 163 Å². The molecule has 0 bridgehead atoms. The van der Waals surface area contributed by atoms with E-state index >= 15 is 0 Å². The molecule has 0 spiro atoms. The monoisotopic (exact) mass is 383 g/mol. The van der Waals surface area contributed by atoms with E-state index in [1.807, 2.05) is 25.3 Å². The highest BCUT2D eigenvalue weighted by molar-refractivity contribution is 5.85. The van der Waals surface area contributed by atoms with Gasteiger partial charge in [0, 0.05) is 37.5 Å². The molecule has 1 aromatic carbocycles. The number of aryl methyl sites for hydroxylation is 1. The number of methoxy groups -OCH3 is 1. The van der Waals surface area contributed by atoms with Crippen LogP contribution in [0.5, 0.6) is 11.5 Å². The predicted molar refractivity (Wildman–Crippen MR) is 106 cm³/mol. The summed E-state index contributed by atoms with van der Waals surface area (Å²) in [6, 6.07) is 3.95. The molecule has 148 valence electrons. The Morgan fingerprint density at radius 3 is 2.75 bits per heavy atom. The van der Waals surface area contributed by atoms with Gasteiger partial charge in [0.05, 0.1) is 25.9 Å². The van der Waals surface area contributed by atoms with Crippen LogP contribution in [0.15, 0.2) is 34.3 Å². The molecule has 1 aliphatic heterocycles. The number of hydrogen-bond acceptors (Lipinski definition) is 6. The number of aromatic nitrogens is 2. The maximum absolute atomic E-state index is 11.7. The molecular formula is C21H25N3O4. The SMILES string of the molecule is CCOc1cc2c(cc1OC)C=N[C@H]1C(c3cnc(=O)n(C)c3)C[C@H](O)C[C@H]21. The van der Waals surface area contributed by atoms with Crippen molar-refractivity contribution in [2.45, 2.75) is 43.7 Å². The first-order chi connectivity index (χ1) is 13.5. The Morgan fingerprint density at radius 1 is 1.25 bits per heavy atom. The maximum Gasteiger partial charge on any atom is 0.347 e. The molecule has 1 aliphatic carbocycles. The van der Waals surface area contributed by atoms with Gasteiger partial charge >= 0.3 is 5.69 Å². The number of rotatable bonds is 4. The largest absolute Gasteiger partial charge is 0.493 e. The van der Waals surface area contributed by atoms with Gasteiger partial charge in [0.1, 0.15) is 0 Å². The van der Waals surface area contributed by atoms with E-state index < -0.39 is 6.10 Å². The van der Waals surface area contributed by atoms with Crippen LogP contribution in [0.25, 0.3) is 0 Å². The number of ether oxygens (including phenoxy) is 2. The fraction of sp³-hybridized carbons (Fsp3) is 0.476. The molecule has 1 aromatic heterocycles. The number of nitrogens with zero attached hydrogens (tertiary/aromatic N) is 3. The second-order valence-corrected chi connectivity index (χ2v) is 7.45. The van der Waals surface area contributed by atoms with Crippen LogP contribution in [0.1, 0.15) is 48.3 Å². The summed E-state index contributed by atoms with van der Waals surface area (Å²) in [5.41, 5.74) is 2.75. The number of hydrogen-bond donors (Lipinski definition) is 1. The van der Waals surface area contributed by atoms with Gasteiger partial charge in [0.2, 0.25) is 0 Å². The van der Waals surface area contributed by atoms with Crippen LogP contribution in [0.4, 0.5) is 0 Å². The number of benzene rings is 1. The molecule has 1 saturated carbocycles. The van der Waals surface area contributed by atoms with Crippen molar-refractivity contribution in [3.63, 3.8) is 0 Å². The standard InChI is InChI=1S/C21H25N3O4/c1-4-28-19-8-15-12(5-18(19)27-3)9-22-20-16(6-14(25)7-17(15)20)13-10-23-21(26)24(2)11-13/h5,8-11,14,16-17,20,25H,4,6-7H2,1-3H3/t14-,16?,17+,20-/m0/s1. The number of fused-ring (bicyclic) bond motifs is 3. The zero-order chi connectivity index (χ0) is 19.8. The third kappa shape index (κ3) is 3.20. The summed E-state index contributed by atoms with van der Waals surface area (Å²) in [5, 5.41) is 10.6. The molecule has 0 amide bonds. The third-order valence-electron chi connectivity index (χ3n) is 5.73. The van der Waals surface area contributed by atoms with Crippen molar-refractivity contribution in [2.75, 3.05) is 13.7 Å². The summed E-state index contributed by atoms with van der Waals surface area (Å²) in [5.74, 6) is 1.45. The molecule has 7 heteroatoms. The van der Waals surface area contributed by atoms with Gasteiger partial charge in [-0.15, -0.1) is 0 Å². The molecule has 7 nitrogen and oxygen atoms in total. The molecule has 1 unspecified atom stereocenters. The highest BCUT2D eigenvalue weighted by Crippen LogP contribution is 2.47. The maximum atomic E-state index is 11.7. The smallest absolute Gasteiger partial charge is 0.347 e. The Bertz CT molecular complexity index is 969. The van der Waals surface area contributed by atoms with Crippen LogP contribution >= 0.6 is 0 Å². The van der Waals surface area contributed by atoms with Crippen molar-refractivity contribution in [2.24, 2.45) is 12.0 Å². The van der Waals surface area contributed by atoms with E-state index in [0.717, 1.165) is 16.7 Å². The summed E-state index contributed by atoms with van der Waals surface area (Å²) in [6.45, 7) is 2.49. The van der Waals surface area contributed by atoms with E-state index in [1.54, 1.807) is 26.6 Å². The Morgan fingerprint density at radius 2 is 2.04 bits per heavy atom. The normalized spacial score (nSPS) is 25.7. The van der Waals surface area contributed by atoms with Crippen molar-refractivity contribution in [3.8, 4) is 11.5 Å². The first-order valence-electron chi connectivity index (χ1n) is 9.60. The van der Waals surface area contributed by atoms with Crippen LogP contribution < -0.4 is 15.2 Å². The van der Waals surface area contributed by atoms with E-state index in [9.17, 15) is 9.90 Å². The second-order valence-electron chi connectivity index (χ2n) is 7.45. The second kappa shape index (κ2) is 7.39. The minimum absolute atomic E-state index is 0.00454. The third-order valence-corrected chi connectivity index (χ3v) is 5.73. The van der Waals surface area contributed by atoms with E-state index in [4.69, 9.17) is 14.5 Å². The van der Waals surface area contributed by atoms with E-state index in [1.165, 1.54) is 4.57 Å². The lowest BCUT2D eigenvalue weighted by Gasteiger charge is -2.41. The molecule has 1 fully saturated rings. The van der Waals surface area contributed by atoms with E-state index in [-0.39, 0.29) is 23.6 Å². The molecule has 2 aromatic rings. The molecule has 28 heavy (non-hydrogen) atoms. The van der Waals surface area contributed by atoms with Gasteiger partial charge in [0.25, 0.3) is 0 Å². The van der Waals surface area contributed by atoms with Gasteiger partial charge in [-0.05, 0) is 48.6 Å². The number of aliphatic hydroxyl groups is 1. The van der Waals surface area contributed by atoms with Crippen molar-refractivity contribution in [3.05, 3.63) is 51.7 Å². The molecule has 2 heterocycles. The minimum Gasteiger partial charge on any atom is -0.493 e. The molecule has 0 radical (unpaired) electrons. The lowest BCUT2D eigenvalue weighted by molar-refractivity contribution is 0.0979. The number of aliphatic imine (C=N–C) groups is 1. The van der Waals surface area contributed by atoms with Crippen LogP contribution in [0.3, 0.4) is 0 Å². The average Bonchev–Trinajstić information content (AvgIpc) is 2.69. The summed E-state index contributed by atoms with van der Waals surface area (Å²) in [7, 11) is 3.32. The summed E-state index contributed by atoms with van der Waals surface area (Å²) in [4.78, 5) is 20.5. The zero-order valence-corrected chi connectivity index (χ0v) is 16.3. The molecular weight excluding hydrogens is 358 g/mol. The van der Waals surface area contributed by atoms with Crippen molar-refractivity contribution < 1.29 is 14.6 Å². The lowest BCUT2D eigenvalue weighted by Crippen LogP contribution is -2.38. The van der Waals surface area contributed by atoms with E-state index in [0.29, 0.717) is 30.9 Å². The van der Waals surface area contributed by atoms with Gasteiger partial charge < -0.3 is 19.1 Å². The molecule has 4 atom stereocenters. The van der Waals surface area contributed by atoms with Crippen LogP contribution in [-0.2, 0) is 7.05 Å². The van der Waals surface area contributed by atoms with Crippen LogP contribution in [-0.4, -0.2) is 46.7 Å². The molecule has 4 rings (SSSR count). The lowest BCUT2D eigenvalue weighted by atomic mass is 9.69. The highest BCUT2D eigenvalue weighted by atomic mass is 16.5. The first kappa shape index (κ1) is 18.7. The summed E-state index contributed by atoms with van der Waals surface area (Å²) >= 11 is 0. The summed E-state index contributed by atoms with van der Waals surface area (Å²) in [6.07, 6.45) is 6.11. The van der Waals surface area contributed by atoms with Crippen molar-refractivity contribution in [1.29, 1.82) is 0 Å². The Balaban J connectivity index is 1.76. The minimum atomic E-state index is -0.442. The van der Waals surface area contributed by atoms with Gasteiger partial charge in [-0.1, -0.05) is 0 Å². The quantitative estimate of drug-likeness (QED) is 0.873. The van der Waals surface area contributed by atoms with Gasteiger partial charge in [0.15, 0.2) is 11.5 Å². The Hall–Kier alpha value is -2.67. The number of aliphatic hydroxyl groups excluding tert-OH is 1. The highest BCUT2D eigenvalue weighted by Gasteiger charge is 2.41. The average molecular weight is 383 g/mol. The van der Waals surface area contributed by atoms with Gasteiger partial charge in [-0.3, -0.25) is 4.99 Å². The summed E-state index contributed by atoms with van der Waals surface area (Å²) < 4.78 is 12.7. The van der Waals surface area contributed by atoms with Crippen LogP contribution in [0.2, 0.25) is 0 Å². The molecule has 0 saturated heterocycles. The van der Waals surface area contributed by atoms with Crippen molar-refractivity contribution in [1.82, 2.24) is 9.55 Å². The Kier molecular flexibility index (Phi) is 4.93.